The number of piperidine rings is 1. The van der Waals surface area contributed by atoms with Crippen molar-refractivity contribution in [3.63, 3.8) is 0 Å². The maximum atomic E-state index is 10.8. The Kier molecular flexibility index (Phi) is 4.41. The molecule has 0 aromatic carbocycles. The maximum absolute atomic E-state index is 10.8. The molecule has 15 heavy (non-hydrogen) atoms. The summed E-state index contributed by atoms with van der Waals surface area (Å²) in [6, 6.07) is 0. The van der Waals surface area contributed by atoms with Gasteiger partial charge in [0.2, 0.25) is 0 Å². The zero-order valence-electron chi connectivity index (χ0n) is 9.00. The van der Waals surface area contributed by atoms with Crippen molar-refractivity contribution in [2.75, 3.05) is 6.54 Å². The second kappa shape index (κ2) is 5.17. The number of hydrogen-bond donors (Lipinski definition) is 2. The number of carbonyl (C=O) groups is 1. The van der Waals surface area contributed by atoms with Crippen molar-refractivity contribution >= 4 is 18.4 Å². The smallest absolute Gasteiger partial charge is 0.307 e. The summed E-state index contributed by atoms with van der Waals surface area (Å²) in [7, 11) is 0. The van der Waals surface area contributed by atoms with Crippen LogP contribution in [0.4, 0.5) is 0 Å². The molecule has 1 aliphatic heterocycles. The van der Waals surface area contributed by atoms with Crippen LogP contribution in [0, 0.1) is 5.92 Å². The number of aliphatic carboxylic acids is 1. The second-order valence-electron chi connectivity index (χ2n) is 4.80. The first-order valence-corrected chi connectivity index (χ1v) is 5.70. The molecule has 1 aliphatic carbocycles. The molecule has 1 atom stereocenters. The van der Waals surface area contributed by atoms with Gasteiger partial charge in [0.05, 0.1) is 5.92 Å². The summed E-state index contributed by atoms with van der Waals surface area (Å²) < 4.78 is 0. The van der Waals surface area contributed by atoms with E-state index in [0.29, 0.717) is 12.1 Å². The molecule has 0 aromatic rings. The van der Waals surface area contributed by atoms with Crippen molar-refractivity contribution in [3.05, 3.63) is 0 Å². The summed E-state index contributed by atoms with van der Waals surface area (Å²) in [4.78, 5) is 10.8. The zero-order chi connectivity index (χ0) is 10.0. The average Bonchev–Trinajstić information content (AvgIpc) is 2.19. The van der Waals surface area contributed by atoms with E-state index in [9.17, 15) is 4.79 Å². The summed E-state index contributed by atoms with van der Waals surface area (Å²) in [5.74, 6) is -0.786. The predicted octanol–water partition coefficient (Wildman–Crippen LogP) is 2.20. The molecule has 2 aliphatic rings. The van der Waals surface area contributed by atoms with Gasteiger partial charge in [-0.3, -0.25) is 4.79 Å². The molecule has 1 unspecified atom stereocenters. The Labute approximate surface area is 97.0 Å². The molecule has 2 fully saturated rings. The van der Waals surface area contributed by atoms with Gasteiger partial charge in [-0.2, -0.15) is 0 Å². The van der Waals surface area contributed by atoms with Crippen LogP contribution in [0.25, 0.3) is 0 Å². The zero-order valence-corrected chi connectivity index (χ0v) is 9.81. The van der Waals surface area contributed by atoms with Crippen LogP contribution in [0.15, 0.2) is 0 Å². The maximum Gasteiger partial charge on any atom is 0.307 e. The fourth-order valence-corrected chi connectivity index (χ4v) is 2.85. The van der Waals surface area contributed by atoms with Crippen LogP contribution >= 0.6 is 12.4 Å². The molecule has 1 saturated heterocycles. The third kappa shape index (κ3) is 2.85. The number of hydrogen-bond acceptors (Lipinski definition) is 2. The minimum atomic E-state index is -0.636. The third-order valence-corrected chi connectivity index (χ3v) is 3.85. The van der Waals surface area contributed by atoms with Gasteiger partial charge in [-0.15, -0.1) is 12.4 Å². The van der Waals surface area contributed by atoms with Crippen LogP contribution in [0.5, 0.6) is 0 Å². The Balaban J connectivity index is 0.00000112. The lowest BCUT2D eigenvalue weighted by Crippen LogP contribution is -2.53. The van der Waals surface area contributed by atoms with E-state index in [-0.39, 0.29) is 18.3 Å². The van der Waals surface area contributed by atoms with Gasteiger partial charge in [0.15, 0.2) is 0 Å². The SMILES string of the molecule is Cl.O=C(O)C1CCC2(CCCCC2)NC1. The molecule has 1 spiro atoms. The third-order valence-electron chi connectivity index (χ3n) is 3.85. The number of nitrogens with one attached hydrogen (secondary N) is 1. The topological polar surface area (TPSA) is 49.3 Å². The largest absolute Gasteiger partial charge is 0.481 e. The van der Waals surface area contributed by atoms with Crippen molar-refractivity contribution in [1.82, 2.24) is 5.32 Å². The van der Waals surface area contributed by atoms with Gasteiger partial charge in [-0.05, 0) is 25.7 Å². The van der Waals surface area contributed by atoms with Gasteiger partial charge in [-0.1, -0.05) is 19.3 Å². The number of carboxylic acid groups (broad SMARTS) is 1. The predicted molar refractivity (Wildman–Crippen MR) is 61.4 cm³/mol. The van der Waals surface area contributed by atoms with E-state index >= 15 is 0 Å². The fraction of sp³-hybridized carbons (Fsp3) is 0.909. The first-order valence-electron chi connectivity index (χ1n) is 5.70. The van der Waals surface area contributed by atoms with Crippen LogP contribution in [-0.2, 0) is 4.79 Å². The highest BCUT2D eigenvalue weighted by Gasteiger charge is 2.37. The molecule has 3 nitrogen and oxygen atoms in total. The lowest BCUT2D eigenvalue weighted by Gasteiger charge is -2.43. The van der Waals surface area contributed by atoms with E-state index in [1.54, 1.807) is 0 Å². The van der Waals surface area contributed by atoms with E-state index in [2.05, 4.69) is 5.32 Å². The molecular formula is C11H20ClNO2. The molecule has 2 rings (SSSR count). The minimum absolute atomic E-state index is 0. The Morgan fingerprint density at radius 1 is 1.20 bits per heavy atom. The molecule has 1 saturated carbocycles. The quantitative estimate of drug-likeness (QED) is 0.730. The molecule has 2 N–H and O–H groups in total. The van der Waals surface area contributed by atoms with E-state index in [4.69, 9.17) is 5.11 Å². The van der Waals surface area contributed by atoms with Gasteiger partial charge in [0.1, 0.15) is 0 Å². The minimum Gasteiger partial charge on any atom is -0.481 e. The molecule has 1 heterocycles. The lowest BCUT2D eigenvalue weighted by atomic mass is 9.74. The van der Waals surface area contributed by atoms with Gasteiger partial charge in [0.25, 0.3) is 0 Å². The first-order chi connectivity index (χ1) is 6.72. The molecular weight excluding hydrogens is 214 g/mol. The highest BCUT2D eigenvalue weighted by molar-refractivity contribution is 5.85. The van der Waals surface area contributed by atoms with Gasteiger partial charge < -0.3 is 10.4 Å². The highest BCUT2D eigenvalue weighted by atomic mass is 35.5. The summed E-state index contributed by atoms with van der Waals surface area (Å²) in [6.45, 7) is 0.676. The van der Waals surface area contributed by atoms with E-state index < -0.39 is 5.97 Å². The highest BCUT2D eigenvalue weighted by Crippen LogP contribution is 2.35. The Morgan fingerprint density at radius 3 is 2.33 bits per heavy atom. The number of carboxylic acids is 1. The average molecular weight is 234 g/mol. The fourth-order valence-electron chi connectivity index (χ4n) is 2.85. The monoisotopic (exact) mass is 233 g/mol. The summed E-state index contributed by atoms with van der Waals surface area (Å²) in [6.07, 6.45) is 8.40. The van der Waals surface area contributed by atoms with Crippen molar-refractivity contribution in [2.45, 2.75) is 50.5 Å². The Bertz CT molecular complexity index is 217. The molecule has 4 heteroatoms. The Morgan fingerprint density at radius 2 is 1.87 bits per heavy atom. The van der Waals surface area contributed by atoms with E-state index in [0.717, 1.165) is 12.8 Å². The molecule has 0 aromatic heterocycles. The first kappa shape index (κ1) is 12.8. The van der Waals surface area contributed by atoms with Crippen LogP contribution in [0.2, 0.25) is 0 Å². The number of halogens is 1. The van der Waals surface area contributed by atoms with Crippen molar-refractivity contribution in [3.8, 4) is 0 Å². The normalized spacial score (nSPS) is 29.5. The second-order valence-corrected chi connectivity index (χ2v) is 4.80. The molecule has 88 valence electrons. The summed E-state index contributed by atoms with van der Waals surface area (Å²) in [5, 5.41) is 12.4. The standard InChI is InChI=1S/C11H19NO2.ClH/c13-10(14)9-4-7-11(12-8-9)5-2-1-3-6-11;/h9,12H,1-8H2,(H,13,14);1H. The summed E-state index contributed by atoms with van der Waals surface area (Å²) in [5.41, 5.74) is 0.310. The van der Waals surface area contributed by atoms with E-state index in [1.807, 2.05) is 0 Å². The van der Waals surface area contributed by atoms with Crippen molar-refractivity contribution < 1.29 is 9.90 Å². The van der Waals surface area contributed by atoms with Gasteiger partial charge in [-0.25, -0.2) is 0 Å². The lowest BCUT2D eigenvalue weighted by molar-refractivity contribution is -0.142. The molecule has 0 bridgehead atoms. The Hall–Kier alpha value is -0.280. The molecule has 0 amide bonds. The van der Waals surface area contributed by atoms with Crippen LogP contribution in [-0.4, -0.2) is 23.2 Å². The van der Waals surface area contributed by atoms with Crippen LogP contribution < -0.4 is 5.32 Å². The number of rotatable bonds is 1. The van der Waals surface area contributed by atoms with Crippen LogP contribution in [0.1, 0.15) is 44.9 Å². The van der Waals surface area contributed by atoms with Crippen molar-refractivity contribution in [2.24, 2.45) is 5.92 Å². The van der Waals surface area contributed by atoms with Crippen LogP contribution in [0.3, 0.4) is 0 Å². The van der Waals surface area contributed by atoms with Gasteiger partial charge in [0, 0.05) is 12.1 Å². The van der Waals surface area contributed by atoms with Crippen molar-refractivity contribution in [1.29, 1.82) is 0 Å². The molecule has 0 radical (unpaired) electrons. The van der Waals surface area contributed by atoms with Gasteiger partial charge >= 0.3 is 5.97 Å². The summed E-state index contributed by atoms with van der Waals surface area (Å²) >= 11 is 0. The van der Waals surface area contributed by atoms with E-state index in [1.165, 1.54) is 32.1 Å².